The molecule has 0 amide bonds. The molecule has 0 radical (unpaired) electrons. The minimum Gasteiger partial charge on any atom is -0.398 e. The van der Waals surface area contributed by atoms with Crippen LogP contribution in [-0.2, 0) is 14.7 Å². The van der Waals surface area contributed by atoms with E-state index >= 15 is 0 Å². The van der Waals surface area contributed by atoms with Crippen LogP contribution < -0.4 is 5.59 Å². The van der Waals surface area contributed by atoms with Crippen molar-refractivity contribution < 1.29 is 24.4 Å². The average molecular weight is 273 g/mol. The van der Waals surface area contributed by atoms with Crippen molar-refractivity contribution in [1.29, 1.82) is 0 Å². The highest BCUT2D eigenvalue weighted by molar-refractivity contribution is 6.61. The zero-order chi connectivity index (χ0) is 23.7. The Kier molecular flexibility index (Phi) is 1.31. The van der Waals surface area contributed by atoms with Crippen molar-refractivity contribution >= 4 is 12.7 Å². The van der Waals surface area contributed by atoms with Gasteiger partial charge >= 0.3 is 7.12 Å². The summed E-state index contributed by atoms with van der Waals surface area (Å²) in [6.07, 6.45) is -1.64. The lowest BCUT2D eigenvalue weighted by Gasteiger charge is -2.32. The molecule has 4 nitrogen and oxygen atoms in total. The lowest BCUT2D eigenvalue weighted by molar-refractivity contribution is 0.00578. The fraction of sp³-hybridized carbons (Fsp3) is 0.714. The van der Waals surface area contributed by atoms with Crippen LogP contribution in [0.25, 0.3) is 0 Å². The van der Waals surface area contributed by atoms with Crippen molar-refractivity contribution in [1.82, 2.24) is 9.97 Å². The maximum atomic E-state index is 8.03. The predicted octanol–water partition coefficient (Wildman–Crippen LogP) is 2.07. The molecular formula is C14H23BN2O2. The third kappa shape index (κ3) is 2.67. The van der Waals surface area contributed by atoms with E-state index < -0.39 is 67.9 Å². The Hall–Kier alpha value is -0.935. The van der Waals surface area contributed by atoms with Crippen LogP contribution in [0, 0.1) is 0 Å². The normalized spacial score (nSPS) is 32.2. The molecule has 2 heterocycles. The lowest BCUT2D eigenvalue weighted by atomic mass is 9.84. The highest BCUT2D eigenvalue weighted by Gasteiger charge is 2.52. The fourth-order valence-electron chi connectivity index (χ4n) is 1.54. The first-order chi connectivity index (χ1) is 13.1. The fourth-order valence-corrected chi connectivity index (χ4v) is 1.54. The molecule has 2 rings (SSSR count). The minimum atomic E-state index is -3.61. The van der Waals surface area contributed by atoms with Gasteiger partial charge < -0.3 is 9.31 Å². The molecule has 0 spiro atoms. The highest BCUT2D eigenvalue weighted by Crippen LogP contribution is 2.36. The first kappa shape index (κ1) is 5.82. The van der Waals surface area contributed by atoms with E-state index in [4.69, 9.17) is 24.4 Å². The maximum Gasteiger partial charge on any atom is 0.516 e. The van der Waals surface area contributed by atoms with E-state index in [2.05, 4.69) is 9.97 Å². The zero-order valence-electron chi connectivity index (χ0n) is 22.3. The van der Waals surface area contributed by atoms with Gasteiger partial charge in [0.05, 0.1) is 25.2 Å². The standard InChI is InChI=1S/C14H23BN2O2/c1-12(2,3)10-8-16-9-11(17-10)15-18-13(4,5)14(6,7)19-15/h8-9H,1-7H3/i1D3,2D3,3D3,8D,9D. The second kappa shape index (κ2) is 4.28. The molecule has 0 saturated carbocycles. The summed E-state index contributed by atoms with van der Waals surface area (Å²) in [6.45, 7) is -3.98. The molecule has 0 bridgehead atoms. The third-order valence-corrected chi connectivity index (χ3v) is 3.40. The summed E-state index contributed by atoms with van der Waals surface area (Å²) in [7, 11) is -1.34. The maximum absolute atomic E-state index is 8.03. The number of hydrogen-bond donors (Lipinski definition) is 0. The molecule has 1 saturated heterocycles. The molecule has 0 aromatic carbocycles. The Morgan fingerprint density at radius 1 is 1.16 bits per heavy atom. The molecule has 19 heavy (non-hydrogen) atoms. The smallest absolute Gasteiger partial charge is 0.398 e. The minimum absolute atomic E-state index is 0.401. The van der Waals surface area contributed by atoms with Gasteiger partial charge in [0.1, 0.15) is 0 Å². The van der Waals surface area contributed by atoms with Crippen molar-refractivity contribution in [2.24, 2.45) is 0 Å². The van der Waals surface area contributed by atoms with Crippen LogP contribution in [0.15, 0.2) is 12.3 Å². The van der Waals surface area contributed by atoms with Gasteiger partial charge in [-0.25, -0.2) is 0 Å². The highest BCUT2D eigenvalue weighted by atomic mass is 16.7. The van der Waals surface area contributed by atoms with Gasteiger partial charge in [0.2, 0.25) is 0 Å². The van der Waals surface area contributed by atoms with Gasteiger partial charge in [-0.3, -0.25) is 9.97 Å². The van der Waals surface area contributed by atoms with E-state index in [0.717, 1.165) is 0 Å². The molecular weight excluding hydrogens is 239 g/mol. The van der Waals surface area contributed by atoms with Crippen molar-refractivity contribution in [2.75, 3.05) is 0 Å². The van der Waals surface area contributed by atoms with Crippen LogP contribution in [0.1, 0.15) is 69.0 Å². The van der Waals surface area contributed by atoms with Crippen LogP contribution >= 0.6 is 0 Å². The predicted molar refractivity (Wildman–Crippen MR) is 76.4 cm³/mol. The van der Waals surface area contributed by atoms with Gasteiger partial charge in [-0.15, -0.1) is 0 Å². The summed E-state index contributed by atoms with van der Waals surface area (Å²) in [5.41, 5.74) is -6.74. The summed E-state index contributed by atoms with van der Waals surface area (Å²) in [6, 6.07) is 0. The number of hydrogen-bond acceptors (Lipinski definition) is 4. The Bertz CT molecular complexity index is 781. The van der Waals surface area contributed by atoms with Gasteiger partial charge in [-0.1, -0.05) is 20.6 Å². The summed E-state index contributed by atoms with van der Waals surface area (Å²) in [5.74, 6) is 0. The molecule has 1 aliphatic rings. The topological polar surface area (TPSA) is 44.2 Å². The van der Waals surface area contributed by atoms with Gasteiger partial charge in [0.15, 0.2) is 0 Å². The van der Waals surface area contributed by atoms with Crippen LogP contribution in [-0.4, -0.2) is 28.3 Å². The summed E-state index contributed by atoms with van der Waals surface area (Å²) < 4.78 is 97.7. The van der Waals surface area contributed by atoms with Crippen molar-refractivity contribution in [3.8, 4) is 0 Å². The molecule has 104 valence electrons. The number of aromatic nitrogens is 2. The third-order valence-electron chi connectivity index (χ3n) is 3.40. The number of rotatable bonds is 1. The molecule has 1 aromatic rings. The molecule has 0 aliphatic carbocycles. The molecule has 1 aromatic heterocycles. The molecule has 0 N–H and O–H groups in total. The quantitative estimate of drug-likeness (QED) is 0.735. The van der Waals surface area contributed by atoms with Gasteiger partial charge in [0.25, 0.3) is 0 Å². The Balaban J connectivity index is 2.86. The van der Waals surface area contributed by atoms with Gasteiger partial charge in [-0.2, -0.15) is 0 Å². The van der Waals surface area contributed by atoms with Crippen LogP contribution in [0.3, 0.4) is 0 Å². The zero-order valence-corrected chi connectivity index (χ0v) is 11.3. The van der Waals surface area contributed by atoms with Crippen LogP contribution in [0.2, 0.25) is 0 Å². The second-order valence-electron chi connectivity index (χ2n) is 5.52. The Morgan fingerprint density at radius 2 is 1.74 bits per heavy atom. The van der Waals surface area contributed by atoms with E-state index in [9.17, 15) is 0 Å². The van der Waals surface area contributed by atoms with Crippen molar-refractivity contribution in [2.45, 2.75) is 64.9 Å². The van der Waals surface area contributed by atoms with Crippen molar-refractivity contribution in [3.63, 3.8) is 0 Å². The average Bonchev–Trinajstić information content (AvgIpc) is 2.65. The van der Waals surface area contributed by atoms with Crippen LogP contribution in [0.5, 0.6) is 0 Å². The largest absolute Gasteiger partial charge is 0.516 e. The van der Waals surface area contributed by atoms with Gasteiger partial charge in [-0.05, 0) is 27.7 Å². The Morgan fingerprint density at radius 3 is 2.26 bits per heavy atom. The number of nitrogens with zero attached hydrogens (tertiary/aromatic N) is 2. The SMILES string of the molecule is [2H]c1nc([2H])c(C(C([2H])([2H])[2H])(C([2H])([2H])[2H])C([2H])([2H])[2H])nc1B1OC(C)(C)C(C)(C)O1. The summed E-state index contributed by atoms with van der Waals surface area (Å²) in [4.78, 5) is 7.47. The Labute approximate surface area is 131 Å². The van der Waals surface area contributed by atoms with E-state index in [0.29, 0.717) is 0 Å². The van der Waals surface area contributed by atoms with E-state index in [-0.39, 0.29) is 0 Å². The van der Waals surface area contributed by atoms with Gasteiger partial charge in [0, 0.05) is 30.1 Å². The molecule has 1 aliphatic heterocycles. The van der Waals surface area contributed by atoms with Crippen molar-refractivity contribution in [3.05, 3.63) is 18.0 Å². The summed E-state index contributed by atoms with van der Waals surface area (Å²) in [5, 5.41) is 0. The second-order valence-corrected chi connectivity index (χ2v) is 5.52. The molecule has 1 fully saturated rings. The van der Waals surface area contributed by atoms with E-state index in [1.165, 1.54) is 0 Å². The first-order valence-electron chi connectivity index (χ1n) is 11.3. The molecule has 0 atom stereocenters. The first-order valence-corrected chi connectivity index (χ1v) is 5.81. The molecule has 5 heteroatoms. The van der Waals surface area contributed by atoms with E-state index in [1.807, 2.05) is 0 Å². The summed E-state index contributed by atoms with van der Waals surface area (Å²) >= 11 is 0. The van der Waals surface area contributed by atoms with Crippen LogP contribution in [0.4, 0.5) is 0 Å². The lowest BCUT2D eigenvalue weighted by Crippen LogP contribution is -2.41. The monoisotopic (exact) mass is 273 g/mol. The molecule has 0 unspecified atom stereocenters. The van der Waals surface area contributed by atoms with E-state index in [1.54, 1.807) is 27.7 Å².